The van der Waals surface area contributed by atoms with Crippen molar-refractivity contribution in [3.8, 4) is 0 Å². The fourth-order valence-electron chi connectivity index (χ4n) is 2.91. The molecule has 5 nitrogen and oxygen atoms in total. The van der Waals surface area contributed by atoms with Gasteiger partial charge in [0.25, 0.3) is 5.91 Å². The summed E-state index contributed by atoms with van der Waals surface area (Å²) in [6, 6.07) is 9.76. The molecule has 25 heavy (non-hydrogen) atoms. The molecule has 3 aromatic rings. The van der Waals surface area contributed by atoms with E-state index in [2.05, 4.69) is 10.3 Å². The molecule has 2 heterocycles. The standard InChI is InChI=1S/C18H11F2N3O2/c19-11-7-10-3-2-6-21-16(10)12(8-11)18(25)23-9-15(24)22-17-13(20)4-1-5-14(17)23/h1-8H,9H2,(H,22,24). The van der Waals surface area contributed by atoms with Crippen molar-refractivity contribution in [3.63, 3.8) is 0 Å². The molecular formula is C18H11F2N3O2. The third-order valence-electron chi connectivity index (χ3n) is 3.99. The normalized spacial score (nSPS) is 13.5. The zero-order valence-corrected chi connectivity index (χ0v) is 12.8. The van der Waals surface area contributed by atoms with Crippen LogP contribution in [0.25, 0.3) is 10.9 Å². The lowest BCUT2D eigenvalue weighted by Crippen LogP contribution is -2.42. The van der Waals surface area contributed by atoms with Crippen molar-refractivity contribution in [1.29, 1.82) is 0 Å². The van der Waals surface area contributed by atoms with E-state index in [0.717, 1.165) is 11.0 Å². The van der Waals surface area contributed by atoms with Crippen LogP contribution in [0.3, 0.4) is 0 Å². The third-order valence-corrected chi connectivity index (χ3v) is 3.99. The van der Waals surface area contributed by atoms with Crippen LogP contribution in [0.5, 0.6) is 0 Å². The number of para-hydroxylation sites is 1. The van der Waals surface area contributed by atoms with Crippen LogP contribution in [0.4, 0.5) is 20.2 Å². The summed E-state index contributed by atoms with van der Waals surface area (Å²) in [5.41, 5.74) is 0.483. The molecule has 0 bridgehead atoms. The van der Waals surface area contributed by atoms with Crippen LogP contribution in [-0.4, -0.2) is 23.3 Å². The monoisotopic (exact) mass is 339 g/mol. The van der Waals surface area contributed by atoms with E-state index in [1.165, 1.54) is 30.5 Å². The second-order valence-corrected chi connectivity index (χ2v) is 5.60. The summed E-state index contributed by atoms with van der Waals surface area (Å²) in [5, 5.41) is 2.88. The number of carbonyl (C=O) groups excluding carboxylic acids is 2. The molecule has 1 N–H and O–H groups in total. The third kappa shape index (κ3) is 2.50. The molecule has 2 amide bonds. The first kappa shape index (κ1) is 15.2. The average molecular weight is 339 g/mol. The van der Waals surface area contributed by atoms with E-state index in [9.17, 15) is 18.4 Å². The Balaban J connectivity index is 1.88. The highest BCUT2D eigenvalue weighted by Gasteiger charge is 2.30. The van der Waals surface area contributed by atoms with E-state index in [1.807, 2.05) is 0 Å². The van der Waals surface area contributed by atoms with Crippen LogP contribution in [-0.2, 0) is 4.79 Å². The zero-order valence-electron chi connectivity index (χ0n) is 12.8. The number of amides is 2. The Kier molecular flexibility index (Phi) is 3.42. The second kappa shape index (κ2) is 5.62. The lowest BCUT2D eigenvalue weighted by Gasteiger charge is -2.29. The number of aromatic nitrogens is 1. The topological polar surface area (TPSA) is 62.3 Å². The lowest BCUT2D eigenvalue weighted by molar-refractivity contribution is -0.115. The molecule has 1 aliphatic heterocycles. The molecule has 124 valence electrons. The van der Waals surface area contributed by atoms with Crippen molar-refractivity contribution in [1.82, 2.24) is 4.98 Å². The van der Waals surface area contributed by atoms with Crippen molar-refractivity contribution in [2.45, 2.75) is 0 Å². The van der Waals surface area contributed by atoms with Gasteiger partial charge in [-0.15, -0.1) is 0 Å². The maximum Gasteiger partial charge on any atom is 0.261 e. The van der Waals surface area contributed by atoms with Crippen LogP contribution < -0.4 is 10.2 Å². The molecule has 0 radical (unpaired) electrons. The van der Waals surface area contributed by atoms with Gasteiger partial charge in [-0.1, -0.05) is 12.1 Å². The minimum absolute atomic E-state index is 0.0144. The summed E-state index contributed by atoms with van der Waals surface area (Å²) < 4.78 is 27.9. The molecule has 0 unspecified atom stereocenters. The first-order valence-electron chi connectivity index (χ1n) is 7.49. The van der Waals surface area contributed by atoms with Gasteiger partial charge in [0, 0.05) is 11.6 Å². The zero-order chi connectivity index (χ0) is 17.6. The quantitative estimate of drug-likeness (QED) is 0.741. The molecule has 0 fully saturated rings. The molecule has 0 atom stereocenters. The first-order chi connectivity index (χ1) is 12.0. The summed E-state index contributed by atoms with van der Waals surface area (Å²) in [6.07, 6.45) is 1.49. The molecule has 7 heteroatoms. The van der Waals surface area contributed by atoms with Gasteiger partial charge in [-0.25, -0.2) is 8.78 Å². The van der Waals surface area contributed by atoms with Crippen LogP contribution in [0, 0.1) is 11.6 Å². The number of benzene rings is 2. The van der Waals surface area contributed by atoms with Gasteiger partial charge in [-0.3, -0.25) is 19.5 Å². The Bertz CT molecular complexity index is 1040. The fraction of sp³-hybridized carbons (Fsp3) is 0.0556. The molecular weight excluding hydrogens is 328 g/mol. The number of anilines is 2. The van der Waals surface area contributed by atoms with Crippen molar-refractivity contribution in [2.24, 2.45) is 0 Å². The summed E-state index contributed by atoms with van der Waals surface area (Å²) in [5.74, 6) is -2.39. The SMILES string of the molecule is O=C1CN(C(=O)c2cc(F)cc3cccnc23)c2cccc(F)c2N1. The Labute approximate surface area is 140 Å². The predicted octanol–water partition coefficient (Wildman–Crippen LogP) is 3.11. The highest BCUT2D eigenvalue weighted by Crippen LogP contribution is 2.33. The molecule has 4 rings (SSSR count). The van der Waals surface area contributed by atoms with E-state index < -0.39 is 23.4 Å². The van der Waals surface area contributed by atoms with Gasteiger partial charge < -0.3 is 5.32 Å². The van der Waals surface area contributed by atoms with Gasteiger partial charge >= 0.3 is 0 Å². The van der Waals surface area contributed by atoms with Crippen LogP contribution in [0.1, 0.15) is 10.4 Å². The Morgan fingerprint density at radius 1 is 1.16 bits per heavy atom. The van der Waals surface area contributed by atoms with E-state index >= 15 is 0 Å². The lowest BCUT2D eigenvalue weighted by atomic mass is 10.1. The van der Waals surface area contributed by atoms with E-state index in [0.29, 0.717) is 10.9 Å². The Hall–Kier alpha value is -3.35. The van der Waals surface area contributed by atoms with Gasteiger partial charge in [0.05, 0.1) is 16.8 Å². The van der Waals surface area contributed by atoms with Crippen molar-refractivity contribution in [3.05, 3.63) is 65.9 Å². The summed E-state index contributed by atoms with van der Waals surface area (Å²) >= 11 is 0. The number of hydrogen-bond acceptors (Lipinski definition) is 3. The van der Waals surface area contributed by atoms with Gasteiger partial charge in [-0.05, 0) is 30.3 Å². The summed E-state index contributed by atoms with van der Waals surface area (Å²) in [4.78, 5) is 30.2. The van der Waals surface area contributed by atoms with Gasteiger partial charge in [0.15, 0.2) is 0 Å². The number of pyridine rings is 1. The predicted molar refractivity (Wildman–Crippen MR) is 88.4 cm³/mol. The molecule has 1 aliphatic rings. The first-order valence-corrected chi connectivity index (χ1v) is 7.49. The number of nitrogens with one attached hydrogen (secondary N) is 1. The van der Waals surface area contributed by atoms with E-state index in [-0.39, 0.29) is 23.5 Å². The molecule has 0 saturated carbocycles. The largest absolute Gasteiger partial charge is 0.320 e. The number of fused-ring (bicyclic) bond motifs is 2. The number of rotatable bonds is 1. The van der Waals surface area contributed by atoms with E-state index in [1.54, 1.807) is 12.1 Å². The highest BCUT2D eigenvalue weighted by atomic mass is 19.1. The maximum atomic E-state index is 14.0. The summed E-state index contributed by atoms with van der Waals surface area (Å²) in [7, 11) is 0. The van der Waals surface area contributed by atoms with Gasteiger partial charge in [0.1, 0.15) is 23.9 Å². The smallest absolute Gasteiger partial charge is 0.261 e. The molecule has 2 aromatic carbocycles. The summed E-state index contributed by atoms with van der Waals surface area (Å²) in [6.45, 7) is -0.292. The molecule has 0 saturated heterocycles. The number of halogens is 2. The van der Waals surface area contributed by atoms with Crippen LogP contribution in [0.2, 0.25) is 0 Å². The van der Waals surface area contributed by atoms with Crippen LogP contribution in [0.15, 0.2) is 48.7 Å². The molecule has 0 spiro atoms. The minimum atomic E-state index is -0.648. The average Bonchev–Trinajstić information content (AvgIpc) is 2.60. The van der Waals surface area contributed by atoms with Crippen molar-refractivity contribution >= 4 is 34.1 Å². The molecule has 1 aromatic heterocycles. The van der Waals surface area contributed by atoms with Crippen molar-refractivity contribution < 1.29 is 18.4 Å². The van der Waals surface area contributed by atoms with E-state index in [4.69, 9.17) is 0 Å². The van der Waals surface area contributed by atoms with Crippen LogP contribution >= 0.6 is 0 Å². The Morgan fingerprint density at radius 2 is 2.00 bits per heavy atom. The maximum absolute atomic E-state index is 14.0. The van der Waals surface area contributed by atoms with Gasteiger partial charge in [-0.2, -0.15) is 0 Å². The van der Waals surface area contributed by atoms with Gasteiger partial charge in [0.2, 0.25) is 5.91 Å². The second-order valence-electron chi connectivity index (χ2n) is 5.60. The fourth-order valence-corrected chi connectivity index (χ4v) is 2.91. The Morgan fingerprint density at radius 3 is 2.84 bits per heavy atom. The number of nitrogens with zero attached hydrogens (tertiary/aromatic N) is 2. The van der Waals surface area contributed by atoms with Crippen molar-refractivity contribution in [2.75, 3.05) is 16.8 Å². The molecule has 0 aliphatic carbocycles. The minimum Gasteiger partial charge on any atom is -0.320 e. The number of carbonyl (C=O) groups is 2. The number of hydrogen-bond donors (Lipinski definition) is 1. The highest BCUT2D eigenvalue weighted by molar-refractivity contribution is 6.18.